The first-order valence-electron chi connectivity index (χ1n) is 20.5. The van der Waals surface area contributed by atoms with Crippen molar-refractivity contribution in [2.24, 2.45) is 0 Å². The van der Waals surface area contributed by atoms with E-state index in [1.54, 1.807) is 0 Å². The molecule has 10 aromatic carbocycles. The number of benzene rings is 9. The van der Waals surface area contributed by atoms with E-state index in [-0.39, 0.29) is 0 Å². The van der Waals surface area contributed by atoms with E-state index in [2.05, 4.69) is 242 Å². The van der Waals surface area contributed by atoms with Crippen LogP contribution in [0.4, 0.5) is 17.1 Å². The third kappa shape index (κ3) is 7.24. The fourth-order valence-electron chi connectivity index (χ4n) is 8.39. The van der Waals surface area contributed by atoms with Gasteiger partial charge in [-0.1, -0.05) is 182 Å². The molecule has 282 valence electrons. The Bertz CT molecular complexity index is 2920. The number of anilines is 3. The van der Waals surface area contributed by atoms with Crippen LogP contribution >= 0.6 is 0 Å². The summed E-state index contributed by atoms with van der Waals surface area (Å²) in [6, 6.07) is 88.9. The summed E-state index contributed by atoms with van der Waals surface area (Å²) in [6.45, 7) is 2.25. The number of hydrogen-bond donors (Lipinski definition) is 0. The first kappa shape index (κ1) is 36.4. The highest BCUT2D eigenvalue weighted by atomic mass is 15.1. The van der Waals surface area contributed by atoms with Crippen molar-refractivity contribution in [3.8, 4) is 66.8 Å². The molecule has 0 aromatic heterocycles. The summed E-state index contributed by atoms with van der Waals surface area (Å²) < 4.78 is 0. The van der Waals surface area contributed by atoms with Crippen LogP contribution in [0.1, 0.15) is 5.56 Å². The van der Waals surface area contributed by atoms with Crippen molar-refractivity contribution in [2.75, 3.05) is 4.90 Å². The Morgan fingerprint density at radius 1 is 0.300 bits per heavy atom. The van der Waals surface area contributed by atoms with Crippen molar-refractivity contribution in [1.82, 2.24) is 0 Å². The Morgan fingerprint density at radius 3 is 1.12 bits per heavy atom. The van der Waals surface area contributed by atoms with Gasteiger partial charge in [0.15, 0.2) is 0 Å². The van der Waals surface area contributed by atoms with E-state index in [0.29, 0.717) is 0 Å². The van der Waals surface area contributed by atoms with Crippen LogP contribution in [0.15, 0.2) is 231 Å². The summed E-state index contributed by atoms with van der Waals surface area (Å²) in [5.41, 5.74) is 19.0. The van der Waals surface area contributed by atoms with Crippen LogP contribution in [0, 0.1) is 19.1 Å². The zero-order chi connectivity index (χ0) is 40.3. The molecule has 0 aliphatic carbocycles. The van der Waals surface area contributed by atoms with Crippen molar-refractivity contribution in [1.29, 1.82) is 0 Å². The second kappa shape index (κ2) is 16.1. The third-order valence-electron chi connectivity index (χ3n) is 11.6. The molecule has 0 aliphatic heterocycles. The molecular weight excluding hydrogens is 723 g/mol. The van der Waals surface area contributed by atoms with Crippen molar-refractivity contribution in [3.05, 3.63) is 248 Å². The number of hydrogen-bond acceptors (Lipinski definition) is 1. The average Bonchev–Trinajstić information content (AvgIpc) is 3.33. The lowest BCUT2D eigenvalue weighted by Crippen LogP contribution is -2.09. The van der Waals surface area contributed by atoms with Crippen molar-refractivity contribution in [2.45, 2.75) is 6.92 Å². The predicted octanol–water partition coefficient (Wildman–Crippen LogP) is 16.2. The third-order valence-corrected chi connectivity index (χ3v) is 11.6. The molecule has 1 heteroatoms. The molecule has 10 rings (SSSR count). The largest absolute Gasteiger partial charge is 0.311 e. The van der Waals surface area contributed by atoms with Crippen LogP contribution in [0.3, 0.4) is 0 Å². The average molecular weight is 764 g/mol. The highest BCUT2D eigenvalue weighted by molar-refractivity contribution is 6.03. The van der Waals surface area contributed by atoms with Crippen LogP contribution in [0.25, 0.3) is 77.5 Å². The topological polar surface area (TPSA) is 3.24 Å². The highest BCUT2D eigenvalue weighted by Crippen LogP contribution is 2.40. The van der Waals surface area contributed by atoms with Gasteiger partial charge in [-0.05, 0) is 151 Å². The second-order valence-electron chi connectivity index (χ2n) is 15.2. The molecule has 60 heavy (non-hydrogen) atoms. The van der Waals surface area contributed by atoms with E-state index in [4.69, 9.17) is 0 Å². The zero-order valence-electron chi connectivity index (χ0n) is 33.4. The highest BCUT2D eigenvalue weighted by Gasteiger charge is 2.16. The fourth-order valence-corrected chi connectivity index (χ4v) is 8.39. The van der Waals surface area contributed by atoms with Crippen LogP contribution in [0.5, 0.6) is 0 Å². The lowest BCUT2D eigenvalue weighted by atomic mass is 9.88. The summed E-state index contributed by atoms with van der Waals surface area (Å²) in [4.78, 5) is 2.33. The molecule has 0 unspecified atom stereocenters. The molecule has 1 nitrogen and oxygen atoms in total. The first-order chi connectivity index (χ1) is 29.7. The molecule has 0 bridgehead atoms. The Morgan fingerprint density at radius 2 is 0.667 bits per heavy atom. The van der Waals surface area contributed by atoms with E-state index in [9.17, 15) is 0 Å². The molecule has 0 fully saturated rings. The maximum Gasteiger partial charge on any atom is 0.0462 e. The maximum atomic E-state index is 3.08. The lowest BCUT2D eigenvalue weighted by Gasteiger charge is -2.26. The maximum absolute atomic E-state index is 3.08. The van der Waals surface area contributed by atoms with Gasteiger partial charge in [0.25, 0.3) is 0 Å². The number of nitrogens with zero attached hydrogens (tertiary/aromatic N) is 1. The molecule has 0 spiro atoms. The molecule has 0 saturated carbocycles. The van der Waals surface area contributed by atoms with Crippen molar-refractivity contribution >= 4 is 27.8 Å². The molecule has 0 aliphatic rings. The normalized spacial score (nSPS) is 10.9. The van der Waals surface area contributed by atoms with Crippen LogP contribution < -0.4 is 4.90 Å². The van der Waals surface area contributed by atoms with Gasteiger partial charge in [0.1, 0.15) is 0 Å². The number of fused-ring (bicyclic) bond motifs is 1. The Hall–Kier alpha value is -7.92. The summed E-state index contributed by atoms with van der Waals surface area (Å²) in [7, 11) is 0. The SMILES string of the molecule is Cc1c(-c2ccc(-c3ccccc3)cc2)cc(-c2ccc(-c3ccc(N(c4ccc(-c5cc#ccc5)cc4)c4ccc(-c5ccccc5)cc4)cc3)cc2)c2ccccc12. The second-order valence-corrected chi connectivity index (χ2v) is 15.2. The fraction of sp³-hybridized carbons (Fsp3) is 0.0169. The minimum absolute atomic E-state index is 1.09. The van der Waals surface area contributed by atoms with Crippen LogP contribution in [-0.2, 0) is 0 Å². The molecule has 0 saturated heterocycles. The van der Waals surface area contributed by atoms with Gasteiger partial charge in [-0.3, -0.25) is 0 Å². The monoisotopic (exact) mass is 763 g/mol. The summed E-state index contributed by atoms with van der Waals surface area (Å²) >= 11 is 0. The minimum atomic E-state index is 1.09. The Balaban J connectivity index is 0.964. The Kier molecular flexibility index (Phi) is 9.80. The van der Waals surface area contributed by atoms with Crippen molar-refractivity contribution < 1.29 is 0 Å². The molecule has 0 atom stereocenters. The predicted molar refractivity (Wildman–Crippen MR) is 254 cm³/mol. The van der Waals surface area contributed by atoms with E-state index >= 15 is 0 Å². The number of rotatable bonds is 9. The van der Waals surface area contributed by atoms with Gasteiger partial charge < -0.3 is 4.90 Å². The lowest BCUT2D eigenvalue weighted by molar-refractivity contribution is 1.28. The summed E-state index contributed by atoms with van der Waals surface area (Å²) in [6.07, 6.45) is 0. The van der Waals surface area contributed by atoms with Gasteiger partial charge in [-0.25, -0.2) is 0 Å². The molecule has 0 heterocycles. The van der Waals surface area contributed by atoms with Crippen LogP contribution in [0.2, 0.25) is 0 Å². The Labute approximate surface area is 353 Å². The van der Waals surface area contributed by atoms with E-state index < -0.39 is 0 Å². The first-order valence-corrected chi connectivity index (χ1v) is 20.5. The smallest absolute Gasteiger partial charge is 0.0462 e. The zero-order valence-corrected chi connectivity index (χ0v) is 33.4. The standard InChI is InChI=1S/C59H41N/c1-42-56-19-11-12-20-57(56)59(41-58(42)51-25-21-46(22-26-51)43-13-5-2-6-14-43)52-27-23-47(24-28-52)50-33-39-55(40-34-50)60(53-35-29-48(30-36-53)44-15-7-3-8-16-44)54-37-31-49(32-38-54)45-17-9-4-10-18-45/h2-3,5-9,11-41H,1H3. The minimum Gasteiger partial charge on any atom is -0.311 e. The van der Waals surface area contributed by atoms with Gasteiger partial charge in [-0.15, -0.1) is 0 Å². The molecular formula is C59H41N. The quantitative estimate of drug-likeness (QED) is 0.142. The van der Waals surface area contributed by atoms with E-state index in [1.165, 1.54) is 72.0 Å². The molecule has 0 radical (unpaired) electrons. The van der Waals surface area contributed by atoms with Crippen LogP contribution in [-0.4, -0.2) is 0 Å². The van der Waals surface area contributed by atoms with E-state index in [0.717, 1.165) is 28.2 Å². The van der Waals surface area contributed by atoms with Gasteiger partial charge in [0.2, 0.25) is 0 Å². The van der Waals surface area contributed by atoms with Gasteiger partial charge >= 0.3 is 0 Å². The van der Waals surface area contributed by atoms with Crippen molar-refractivity contribution in [3.63, 3.8) is 0 Å². The summed E-state index contributed by atoms with van der Waals surface area (Å²) in [5.74, 6) is 0. The molecule has 10 aromatic rings. The van der Waals surface area contributed by atoms with Gasteiger partial charge in [0.05, 0.1) is 0 Å². The van der Waals surface area contributed by atoms with Gasteiger partial charge in [-0.2, -0.15) is 0 Å². The molecule has 0 amide bonds. The van der Waals surface area contributed by atoms with E-state index in [1.807, 2.05) is 12.1 Å². The number of aryl methyl sites for hydroxylation is 1. The van der Waals surface area contributed by atoms with Gasteiger partial charge in [0, 0.05) is 17.1 Å². The summed E-state index contributed by atoms with van der Waals surface area (Å²) in [5, 5.41) is 2.55. The molecule has 0 N–H and O–H groups in total.